The van der Waals surface area contributed by atoms with Crippen molar-refractivity contribution in [3.8, 4) is 5.69 Å². The summed E-state index contributed by atoms with van der Waals surface area (Å²) in [6.07, 6.45) is 0.876. The Kier molecular flexibility index (Phi) is 4.87. The normalized spacial score (nSPS) is 10.7. The van der Waals surface area contributed by atoms with Gasteiger partial charge in [-0.15, -0.1) is 0 Å². The van der Waals surface area contributed by atoms with Crippen LogP contribution < -0.4 is 16.6 Å². The third kappa shape index (κ3) is 3.63. The highest BCUT2D eigenvalue weighted by Gasteiger charge is 2.17. The Morgan fingerprint density at radius 2 is 1.70 bits per heavy atom. The average Bonchev–Trinajstić information content (AvgIpc) is 2.61. The van der Waals surface area contributed by atoms with E-state index in [2.05, 4.69) is 10.3 Å². The molecule has 0 aliphatic rings. The summed E-state index contributed by atoms with van der Waals surface area (Å²) in [5.41, 5.74) is -2.54. The third-order valence-corrected chi connectivity index (χ3v) is 3.85. The summed E-state index contributed by atoms with van der Waals surface area (Å²) in [6, 6.07) is 5.77. The van der Waals surface area contributed by atoms with E-state index in [1.807, 2.05) is 0 Å². The van der Waals surface area contributed by atoms with Gasteiger partial charge in [-0.05, 0) is 30.3 Å². The molecule has 6 nitrogen and oxygen atoms in total. The lowest BCUT2D eigenvalue weighted by Gasteiger charge is -2.09. The molecular weight excluding hydrogens is 387 g/mol. The predicted octanol–water partition coefficient (Wildman–Crippen LogP) is 2.85. The molecular formula is C17H9ClF3N3O3. The number of nitrogens with zero attached hydrogens (tertiary/aromatic N) is 1. The molecule has 0 radical (unpaired) electrons. The number of H-pyrrole nitrogens is 1. The van der Waals surface area contributed by atoms with Gasteiger partial charge >= 0.3 is 5.69 Å². The zero-order chi connectivity index (χ0) is 19.7. The van der Waals surface area contributed by atoms with Crippen molar-refractivity contribution in [2.75, 3.05) is 5.32 Å². The summed E-state index contributed by atoms with van der Waals surface area (Å²) in [5.74, 6) is -4.01. The van der Waals surface area contributed by atoms with Crippen LogP contribution in [0.3, 0.4) is 0 Å². The molecule has 10 heteroatoms. The van der Waals surface area contributed by atoms with Crippen molar-refractivity contribution in [3.63, 3.8) is 0 Å². The minimum absolute atomic E-state index is 0.0601. The minimum Gasteiger partial charge on any atom is -0.322 e. The molecule has 0 unspecified atom stereocenters. The summed E-state index contributed by atoms with van der Waals surface area (Å²) in [7, 11) is 0. The Labute approximate surface area is 153 Å². The van der Waals surface area contributed by atoms with E-state index >= 15 is 0 Å². The zero-order valence-corrected chi connectivity index (χ0v) is 14.0. The van der Waals surface area contributed by atoms with E-state index in [1.165, 1.54) is 0 Å². The van der Waals surface area contributed by atoms with Gasteiger partial charge in [-0.1, -0.05) is 11.6 Å². The summed E-state index contributed by atoms with van der Waals surface area (Å²) < 4.78 is 40.1. The highest BCUT2D eigenvalue weighted by atomic mass is 35.5. The zero-order valence-electron chi connectivity index (χ0n) is 13.2. The van der Waals surface area contributed by atoms with Crippen LogP contribution in [0.2, 0.25) is 5.02 Å². The molecule has 138 valence electrons. The van der Waals surface area contributed by atoms with Crippen molar-refractivity contribution in [3.05, 3.63) is 91.5 Å². The van der Waals surface area contributed by atoms with Crippen LogP contribution in [0.25, 0.3) is 5.69 Å². The number of carbonyl (C=O) groups is 1. The highest BCUT2D eigenvalue weighted by Crippen LogP contribution is 2.17. The molecule has 3 aromatic rings. The number of rotatable bonds is 3. The predicted molar refractivity (Wildman–Crippen MR) is 91.9 cm³/mol. The van der Waals surface area contributed by atoms with Crippen LogP contribution in [-0.4, -0.2) is 15.5 Å². The summed E-state index contributed by atoms with van der Waals surface area (Å²) in [6.45, 7) is 0. The Balaban J connectivity index is 2.03. The molecule has 1 amide bonds. The Morgan fingerprint density at radius 1 is 1.00 bits per heavy atom. The van der Waals surface area contributed by atoms with Crippen LogP contribution in [0.1, 0.15) is 10.4 Å². The maximum atomic E-state index is 13.3. The number of benzene rings is 2. The van der Waals surface area contributed by atoms with E-state index in [-0.39, 0.29) is 16.4 Å². The van der Waals surface area contributed by atoms with Crippen molar-refractivity contribution >= 4 is 23.2 Å². The van der Waals surface area contributed by atoms with Gasteiger partial charge < -0.3 is 10.3 Å². The largest absolute Gasteiger partial charge is 0.333 e. The van der Waals surface area contributed by atoms with E-state index in [4.69, 9.17) is 11.6 Å². The number of aromatic nitrogens is 2. The molecule has 0 aliphatic carbocycles. The van der Waals surface area contributed by atoms with E-state index in [9.17, 15) is 27.6 Å². The molecule has 27 heavy (non-hydrogen) atoms. The summed E-state index contributed by atoms with van der Waals surface area (Å²) in [5, 5.41) is 1.90. The fraction of sp³-hybridized carbons (Fsp3) is 0. The first kappa shape index (κ1) is 18.5. The maximum Gasteiger partial charge on any atom is 0.333 e. The Morgan fingerprint density at radius 3 is 2.37 bits per heavy atom. The van der Waals surface area contributed by atoms with Crippen LogP contribution in [-0.2, 0) is 0 Å². The van der Waals surface area contributed by atoms with Crippen LogP contribution in [0, 0.1) is 17.5 Å². The van der Waals surface area contributed by atoms with Gasteiger partial charge in [-0.3, -0.25) is 9.59 Å². The van der Waals surface area contributed by atoms with Gasteiger partial charge in [0.2, 0.25) is 0 Å². The SMILES string of the molecule is O=C(Nc1ccc(F)c(F)c1)c1c[nH]c(=O)n(-c2ccc(F)c(Cl)c2)c1=O. The van der Waals surface area contributed by atoms with Crippen molar-refractivity contribution in [2.45, 2.75) is 0 Å². The van der Waals surface area contributed by atoms with Gasteiger partial charge in [0.15, 0.2) is 11.6 Å². The molecule has 0 atom stereocenters. The first-order valence-electron chi connectivity index (χ1n) is 7.34. The second-order valence-electron chi connectivity index (χ2n) is 5.33. The van der Waals surface area contributed by atoms with Gasteiger partial charge in [0.05, 0.1) is 10.7 Å². The van der Waals surface area contributed by atoms with E-state index in [1.54, 1.807) is 0 Å². The number of carbonyl (C=O) groups excluding carboxylic acids is 1. The van der Waals surface area contributed by atoms with Crippen molar-refractivity contribution in [2.24, 2.45) is 0 Å². The van der Waals surface area contributed by atoms with E-state index in [0.717, 1.165) is 42.6 Å². The van der Waals surface area contributed by atoms with E-state index < -0.39 is 40.2 Å². The molecule has 0 spiro atoms. The van der Waals surface area contributed by atoms with Crippen LogP contribution in [0.4, 0.5) is 18.9 Å². The molecule has 3 rings (SSSR count). The van der Waals surface area contributed by atoms with Crippen LogP contribution in [0.5, 0.6) is 0 Å². The lowest BCUT2D eigenvalue weighted by atomic mass is 10.2. The number of nitrogens with one attached hydrogen (secondary N) is 2. The Bertz CT molecular complexity index is 1170. The molecule has 1 heterocycles. The number of hydrogen-bond acceptors (Lipinski definition) is 3. The first-order chi connectivity index (χ1) is 12.8. The maximum absolute atomic E-state index is 13.3. The lowest BCUT2D eigenvalue weighted by molar-refractivity contribution is 0.102. The molecule has 0 saturated carbocycles. The standard InChI is InChI=1S/C17H9ClF3N3O3/c18-11-6-9(2-4-12(11)19)24-16(26)10(7-22-17(24)27)15(25)23-8-1-3-13(20)14(21)5-8/h1-7H,(H,22,27)(H,23,25). The van der Waals surface area contributed by atoms with Crippen molar-refractivity contribution in [1.29, 1.82) is 0 Å². The average molecular weight is 396 g/mol. The molecule has 0 aliphatic heterocycles. The van der Waals surface area contributed by atoms with Crippen molar-refractivity contribution < 1.29 is 18.0 Å². The minimum atomic E-state index is -1.19. The fourth-order valence-corrected chi connectivity index (χ4v) is 2.44. The number of anilines is 1. The number of hydrogen-bond donors (Lipinski definition) is 2. The van der Waals surface area contributed by atoms with E-state index in [0.29, 0.717) is 4.57 Å². The summed E-state index contributed by atoms with van der Waals surface area (Å²) >= 11 is 5.66. The molecule has 0 fully saturated rings. The van der Waals surface area contributed by atoms with Gasteiger partial charge in [0, 0.05) is 18.0 Å². The smallest absolute Gasteiger partial charge is 0.322 e. The molecule has 1 aromatic heterocycles. The first-order valence-corrected chi connectivity index (χ1v) is 7.72. The van der Waals surface area contributed by atoms with Gasteiger partial charge in [-0.25, -0.2) is 22.5 Å². The quantitative estimate of drug-likeness (QED) is 0.715. The molecule has 0 bridgehead atoms. The van der Waals surface area contributed by atoms with Crippen molar-refractivity contribution in [1.82, 2.24) is 9.55 Å². The number of aromatic amines is 1. The second kappa shape index (κ2) is 7.12. The second-order valence-corrected chi connectivity index (χ2v) is 5.74. The summed E-state index contributed by atoms with van der Waals surface area (Å²) in [4.78, 5) is 39.1. The van der Waals surface area contributed by atoms with Gasteiger partial charge in [-0.2, -0.15) is 0 Å². The van der Waals surface area contributed by atoms with Gasteiger partial charge in [0.1, 0.15) is 11.4 Å². The number of amides is 1. The Hall–Kier alpha value is -3.33. The fourth-order valence-electron chi connectivity index (χ4n) is 2.27. The number of halogens is 4. The topological polar surface area (TPSA) is 84.0 Å². The monoisotopic (exact) mass is 395 g/mol. The lowest BCUT2D eigenvalue weighted by Crippen LogP contribution is -2.38. The van der Waals surface area contributed by atoms with Crippen LogP contribution >= 0.6 is 11.6 Å². The molecule has 2 N–H and O–H groups in total. The highest BCUT2D eigenvalue weighted by molar-refractivity contribution is 6.30. The molecule has 2 aromatic carbocycles. The third-order valence-electron chi connectivity index (χ3n) is 3.56. The molecule has 0 saturated heterocycles. The van der Waals surface area contributed by atoms with Gasteiger partial charge in [0.25, 0.3) is 11.5 Å². The van der Waals surface area contributed by atoms with Crippen LogP contribution in [0.15, 0.2) is 52.2 Å².